The largest absolute Gasteiger partial charge is 0.342 e. The minimum atomic E-state index is -0.365. The van der Waals surface area contributed by atoms with Crippen LogP contribution in [0.5, 0.6) is 0 Å². The summed E-state index contributed by atoms with van der Waals surface area (Å²) in [4.78, 5) is 34.6. The first-order chi connectivity index (χ1) is 15.0. The summed E-state index contributed by atoms with van der Waals surface area (Å²) in [5.41, 5.74) is 1.79. The summed E-state index contributed by atoms with van der Waals surface area (Å²) in [6, 6.07) is 15.9. The molecule has 1 aromatic heterocycles. The highest BCUT2D eigenvalue weighted by Gasteiger charge is 2.41. The van der Waals surface area contributed by atoms with Gasteiger partial charge in [-0.1, -0.05) is 43.3 Å². The zero-order valence-corrected chi connectivity index (χ0v) is 18.5. The summed E-state index contributed by atoms with van der Waals surface area (Å²) >= 11 is 0. The molecule has 0 spiro atoms. The van der Waals surface area contributed by atoms with Crippen LogP contribution < -0.4 is 0 Å². The van der Waals surface area contributed by atoms with Gasteiger partial charge in [-0.25, -0.2) is 0 Å². The maximum atomic E-state index is 13.4. The van der Waals surface area contributed by atoms with Gasteiger partial charge in [0.15, 0.2) is 0 Å². The molecule has 164 valence electrons. The highest BCUT2D eigenvalue weighted by Crippen LogP contribution is 2.35. The van der Waals surface area contributed by atoms with Crippen LogP contribution in [0.4, 0.5) is 0 Å². The Hall–Kier alpha value is -2.69. The number of benzene rings is 1. The molecule has 2 aromatic rings. The zero-order chi connectivity index (χ0) is 21.7. The third-order valence-electron chi connectivity index (χ3n) is 6.96. The van der Waals surface area contributed by atoms with Gasteiger partial charge in [0.1, 0.15) is 0 Å². The zero-order valence-electron chi connectivity index (χ0n) is 18.5. The van der Waals surface area contributed by atoms with Crippen molar-refractivity contribution in [1.82, 2.24) is 14.8 Å². The van der Waals surface area contributed by atoms with Crippen molar-refractivity contribution in [1.29, 1.82) is 0 Å². The van der Waals surface area contributed by atoms with Crippen molar-refractivity contribution in [2.75, 3.05) is 26.2 Å². The van der Waals surface area contributed by atoms with Gasteiger partial charge in [0, 0.05) is 43.5 Å². The SMILES string of the molecule is CC1(C(=O)N2CCC[C@@H](Cc3ccccn3)C2)CCN(C(=O)Cc2ccccc2)CC1. The van der Waals surface area contributed by atoms with Crippen LogP contribution in [0.2, 0.25) is 0 Å². The van der Waals surface area contributed by atoms with Crippen LogP contribution in [-0.2, 0) is 22.4 Å². The molecule has 0 saturated carbocycles. The summed E-state index contributed by atoms with van der Waals surface area (Å²) < 4.78 is 0. The van der Waals surface area contributed by atoms with Crippen molar-refractivity contribution >= 4 is 11.8 Å². The summed E-state index contributed by atoms with van der Waals surface area (Å²) in [7, 11) is 0. The Bertz CT molecular complexity index is 876. The molecular formula is C26H33N3O2. The molecule has 1 atom stereocenters. The third kappa shape index (κ3) is 5.33. The second-order valence-corrected chi connectivity index (χ2v) is 9.39. The Morgan fingerprint density at radius 1 is 1.00 bits per heavy atom. The fourth-order valence-corrected chi connectivity index (χ4v) is 4.96. The second kappa shape index (κ2) is 9.63. The minimum absolute atomic E-state index is 0.161. The lowest BCUT2D eigenvalue weighted by molar-refractivity contribution is -0.148. The van der Waals surface area contributed by atoms with Gasteiger partial charge in [0.05, 0.1) is 6.42 Å². The average molecular weight is 420 g/mol. The molecule has 3 heterocycles. The van der Waals surface area contributed by atoms with Crippen LogP contribution in [0.3, 0.4) is 0 Å². The molecule has 5 heteroatoms. The summed E-state index contributed by atoms with van der Waals surface area (Å²) in [5, 5.41) is 0. The number of pyridine rings is 1. The smallest absolute Gasteiger partial charge is 0.228 e. The topological polar surface area (TPSA) is 53.5 Å². The van der Waals surface area contributed by atoms with E-state index in [4.69, 9.17) is 0 Å². The Labute approximate surface area is 185 Å². The first-order valence-corrected chi connectivity index (χ1v) is 11.5. The average Bonchev–Trinajstić information content (AvgIpc) is 2.80. The molecule has 0 unspecified atom stereocenters. The lowest BCUT2D eigenvalue weighted by Crippen LogP contribution is -2.52. The van der Waals surface area contributed by atoms with E-state index in [0.717, 1.165) is 56.5 Å². The van der Waals surface area contributed by atoms with Crippen LogP contribution in [-0.4, -0.2) is 52.8 Å². The van der Waals surface area contributed by atoms with E-state index in [0.29, 0.717) is 25.4 Å². The number of carbonyl (C=O) groups is 2. The van der Waals surface area contributed by atoms with Gasteiger partial charge in [0.25, 0.3) is 0 Å². The number of hydrogen-bond acceptors (Lipinski definition) is 3. The Morgan fingerprint density at radius 2 is 1.74 bits per heavy atom. The Kier molecular flexibility index (Phi) is 6.69. The monoisotopic (exact) mass is 419 g/mol. The molecule has 4 rings (SSSR count). The standard InChI is InChI=1S/C26H33N3O2/c1-26(12-16-28(17-13-26)24(30)19-21-8-3-2-4-9-21)25(31)29-15-7-10-22(20-29)18-23-11-5-6-14-27-23/h2-6,8-9,11,14,22H,7,10,12-13,15-20H2,1H3/t22-/m0/s1. The van der Waals surface area contributed by atoms with Crippen molar-refractivity contribution in [2.45, 2.75) is 45.4 Å². The van der Waals surface area contributed by atoms with Gasteiger partial charge < -0.3 is 9.80 Å². The molecule has 2 amide bonds. The number of amides is 2. The predicted molar refractivity (Wildman–Crippen MR) is 121 cm³/mol. The van der Waals surface area contributed by atoms with E-state index in [9.17, 15) is 9.59 Å². The summed E-state index contributed by atoms with van der Waals surface area (Å²) in [6.45, 7) is 5.10. The van der Waals surface area contributed by atoms with Crippen molar-refractivity contribution in [3.05, 3.63) is 66.0 Å². The number of rotatable bonds is 5. The van der Waals surface area contributed by atoms with E-state index >= 15 is 0 Å². The number of carbonyl (C=O) groups excluding carboxylic acids is 2. The highest BCUT2D eigenvalue weighted by atomic mass is 16.2. The van der Waals surface area contributed by atoms with Crippen LogP contribution in [0.15, 0.2) is 54.7 Å². The second-order valence-electron chi connectivity index (χ2n) is 9.39. The molecule has 2 fully saturated rings. The van der Waals surface area contributed by atoms with E-state index < -0.39 is 0 Å². The van der Waals surface area contributed by atoms with Gasteiger partial charge in [-0.3, -0.25) is 14.6 Å². The predicted octanol–water partition coefficient (Wildman–Crippen LogP) is 3.73. The highest BCUT2D eigenvalue weighted by molar-refractivity contribution is 5.83. The molecule has 2 aliphatic heterocycles. The van der Waals surface area contributed by atoms with Gasteiger partial charge in [0.2, 0.25) is 11.8 Å². The van der Waals surface area contributed by atoms with E-state index in [1.54, 1.807) is 0 Å². The van der Waals surface area contributed by atoms with Crippen molar-refractivity contribution in [3.63, 3.8) is 0 Å². The third-order valence-corrected chi connectivity index (χ3v) is 6.96. The van der Waals surface area contributed by atoms with Gasteiger partial charge in [-0.15, -0.1) is 0 Å². The fourth-order valence-electron chi connectivity index (χ4n) is 4.96. The van der Waals surface area contributed by atoms with E-state index in [1.807, 2.05) is 53.6 Å². The molecule has 1 aromatic carbocycles. The number of nitrogens with zero attached hydrogens (tertiary/aromatic N) is 3. The molecule has 0 radical (unpaired) electrons. The fraction of sp³-hybridized carbons (Fsp3) is 0.500. The molecule has 0 bridgehead atoms. The summed E-state index contributed by atoms with van der Waals surface area (Å²) in [6.07, 6.45) is 6.91. The lowest BCUT2D eigenvalue weighted by Gasteiger charge is -2.43. The normalized spacial score (nSPS) is 21.0. The lowest BCUT2D eigenvalue weighted by atomic mass is 9.78. The van der Waals surface area contributed by atoms with Crippen LogP contribution in [0.1, 0.15) is 43.9 Å². The molecular weight excluding hydrogens is 386 g/mol. The minimum Gasteiger partial charge on any atom is -0.342 e. The van der Waals surface area contributed by atoms with Gasteiger partial charge in [-0.05, 0) is 55.7 Å². The van der Waals surface area contributed by atoms with Crippen LogP contribution in [0.25, 0.3) is 0 Å². The molecule has 0 aliphatic carbocycles. The quantitative estimate of drug-likeness (QED) is 0.742. The van der Waals surface area contributed by atoms with E-state index in [-0.39, 0.29) is 17.2 Å². The van der Waals surface area contributed by atoms with Gasteiger partial charge in [-0.2, -0.15) is 0 Å². The molecule has 2 aliphatic rings. The van der Waals surface area contributed by atoms with E-state index in [1.165, 1.54) is 0 Å². The Balaban J connectivity index is 1.31. The number of likely N-dealkylation sites (tertiary alicyclic amines) is 2. The van der Waals surface area contributed by atoms with Crippen molar-refractivity contribution < 1.29 is 9.59 Å². The first kappa shape index (κ1) is 21.5. The molecule has 31 heavy (non-hydrogen) atoms. The molecule has 0 N–H and O–H groups in total. The number of aromatic nitrogens is 1. The first-order valence-electron chi connectivity index (χ1n) is 11.5. The van der Waals surface area contributed by atoms with E-state index in [2.05, 4.69) is 22.9 Å². The van der Waals surface area contributed by atoms with Gasteiger partial charge >= 0.3 is 0 Å². The molecule has 2 saturated heterocycles. The number of piperidine rings is 2. The van der Waals surface area contributed by atoms with Crippen molar-refractivity contribution in [2.24, 2.45) is 11.3 Å². The maximum Gasteiger partial charge on any atom is 0.228 e. The van der Waals surface area contributed by atoms with Crippen LogP contribution >= 0.6 is 0 Å². The number of hydrogen-bond donors (Lipinski definition) is 0. The molecule has 5 nitrogen and oxygen atoms in total. The maximum absolute atomic E-state index is 13.4. The van der Waals surface area contributed by atoms with Crippen LogP contribution in [0, 0.1) is 11.3 Å². The Morgan fingerprint density at radius 3 is 2.45 bits per heavy atom. The van der Waals surface area contributed by atoms with Crippen molar-refractivity contribution in [3.8, 4) is 0 Å². The summed E-state index contributed by atoms with van der Waals surface area (Å²) in [5.74, 6) is 0.909.